The predicted molar refractivity (Wildman–Crippen MR) is 75.2 cm³/mol. The van der Waals surface area contributed by atoms with E-state index >= 15 is 0 Å². The van der Waals surface area contributed by atoms with Crippen LogP contribution < -0.4 is 5.32 Å². The van der Waals surface area contributed by atoms with Gasteiger partial charge >= 0.3 is 0 Å². The molecule has 1 aromatic carbocycles. The zero-order valence-electron chi connectivity index (χ0n) is 9.89. The van der Waals surface area contributed by atoms with Gasteiger partial charge in [-0.2, -0.15) is 11.8 Å². The van der Waals surface area contributed by atoms with Gasteiger partial charge in [0.05, 0.1) is 4.92 Å². The van der Waals surface area contributed by atoms with Crippen molar-refractivity contribution in [1.29, 1.82) is 0 Å². The van der Waals surface area contributed by atoms with Crippen LogP contribution in [-0.2, 0) is 6.54 Å². The van der Waals surface area contributed by atoms with Crippen LogP contribution in [-0.4, -0.2) is 23.0 Å². The second-order valence-electron chi connectivity index (χ2n) is 4.39. The summed E-state index contributed by atoms with van der Waals surface area (Å²) >= 11 is 7.74. The zero-order chi connectivity index (χ0) is 13.0. The molecule has 1 N–H and O–H groups in total. The molecule has 0 aromatic heterocycles. The van der Waals surface area contributed by atoms with E-state index in [1.807, 2.05) is 11.8 Å². The molecule has 0 saturated carbocycles. The van der Waals surface area contributed by atoms with Crippen molar-refractivity contribution in [2.45, 2.75) is 13.0 Å². The summed E-state index contributed by atoms with van der Waals surface area (Å²) in [5, 5.41) is 14.6. The van der Waals surface area contributed by atoms with Crippen LogP contribution in [0.5, 0.6) is 0 Å². The maximum atomic E-state index is 10.9. The minimum Gasteiger partial charge on any atom is -0.312 e. The average Bonchev–Trinajstić information content (AvgIpc) is 2.84. The second kappa shape index (κ2) is 6.41. The number of rotatable bonds is 5. The molecule has 1 unspecified atom stereocenters. The summed E-state index contributed by atoms with van der Waals surface area (Å²) in [6.07, 6.45) is 1.24. The Hall–Kier alpha value is -0.780. The third-order valence-corrected chi connectivity index (χ3v) is 4.48. The highest BCUT2D eigenvalue weighted by atomic mass is 35.5. The normalized spacial score (nSPS) is 19.1. The van der Waals surface area contributed by atoms with Crippen molar-refractivity contribution in [3.8, 4) is 0 Å². The molecule has 4 nitrogen and oxygen atoms in total. The quantitative estimate of drug-likeness (QED) is 0.667. The molecule has 1 aliphatic heterocycles. The number of hydrogen-bond acceptors (Lipinski definition) is 4. The lowest BCUT2D eigenvalue weighted by Gasteiger charge is -2.10. The van der Waals surface area contributed by atoms with E-state index in [9.17, 15) is 10.1 Å². The van der Waals surface area contributed by atoms with Crippen LogP contribution in [0.2, 0.25) is 5.02 Å². The highest BCUT2D eigenvalue weighted by Crippen LogP contribution is 2.24. The standard InChI is InChI=1S/C12H15ClN2O2S/c13-11-2-1-10(12(5-11)15(16)17)7-14-6-9-3-4-18-8-9/h1-2,5,9,14H,3-4,6-8H2. The number of thioether (sulfide) groups is 1. The highest BCUT2D eigenvalue weighted by Gasteiger charge is 2.17. The molecule has 0 radical (unpaired) electrons. The Balaban J connectivity index is 1.93. The van der Waals surface area contributed by atoms with Gasteiger partial charge in [0, 0.05) is 23.2 Å². The van der Waals surface area contributed by atoms with Gasteiger partial charge in [0.2, 0.25) is 0 Å². The van der Waals surface area contributed by atoms with Crippen LogP contribution in [0.3, 0.4) is 0 Å². The molecule has 0 aliphatic carbocycles. The van der Waals surface area contributed by atoms with Crippen molar-refractivity contribution in [1.82, 2.24) is 5.32 Å². The summed E-state index contributed by atoms with van der Waals surface area (Å²) in [7, 11) is 0. The number of halogens is 1. The first-order valence-corrected chi connectivity index (χ1v) is 7.41. The van der Waals surface area contributed by atoms with Crippen molar-refractivity contribution in [3.63, 3.8) is 0 Å². The Bertz CT molecular complexity index is 436. The van der Waals surface area contributed by atoms with Crippen molar-refractivity contribution in [2.75, 3.05) is 18.1 Å². The Morgan fingerprint density at radius 1 is 1.56 bits per heavy atom. The molecular weight excluding hydrogens is 272 g/mol. The summed E-state index contributed by atoms with van der Waals surface area (Å²) in [5.41, 5.74) is 0.783. The second-order valence-corrected chi connectivity index (χ2v) is 5.98. The summed E-state index contributed by atoms with van der Waals surface area (Å²) in [6.45, 7) is 1.45. The lowest BCUT2D eigenvalue weighted by atomic mass is 10.1. The maximum Gasteiger partial charge on any atom is 0.275 e. The van der Waals surface area contributed by atoms with E-state index in [2.05, 4.69) is 5.32 Å². The largest absolute Gasteiger partial charge is 0.312 e. The summed E-state index contributed by atoms with van der Waals surface area (Å²) in [6, 6.07) is 4.82. The number of nitrogens with one attached hydrogen (secondary N) is 1. The third-order valence-electron chi connectivity index (χ3n) is 3.02. The number of benzene rings is 1. The number of hydrogen-bond donors (Lipinski definition) is 1. The first-order valence-electron chi connectivity index (χ1n) is 5.88. The molecule has 1 fully saturated rings. The molecule has 1 aliphatic rings. The van der Waals surface area contributed by atoms with Crippen LogP contribution in [0.25, 0.3) is 0 Å². The van der Waals surface area contributed by atoms with E-state index in [0.29, 0.717) is 23.0 Å². The summed E-state index contributed by atoms with van der Waals surface area (Å²) in [5.74, 6) is 3.12. The fraction of sp³-hybridized carbons (Fsp3) is 0.500. The maximum absolute atomic E-state index is 10.9. The highest BCUT2D eigenvalue weighted by molar-refractivity contribution is 7.99. The number of nitrogens with zero attached hydrogens (tertiary/aromatic N) is 1. The monoisotopic (exact) mass is 286 g/mol. The van der Waals surface area contributed by atoms with E-state index in [0.717, 1.165) is 6.54 Å². The van der Waals surface area contributed by atoms with Crippen molar-refractivity contribution < 1.29 is 4.92 Å². The molecule has 2 rings (SSSR count). The minimum atomic E-state index is -0.381. The van der Waals surface area contributed by atoms with Gasteiger partial charge in [-0.15, -0.1) is 0 Å². The number of nitro groups is 1. The van der Waals surface area contributed by atoms with Crippen LogP contribution in [0.15, 0.2) is 18.2 Å². The molecule has 1 atom stereocenters. The van der Waals surface area contributed by atoms with E-state index in [1.54, 1.807) is 12.1 Å². The molecule has 18 heavy (non-hydrogen) atoms. The average molecular weight is 287 g/mol. The Morgan fingerprint density at radius 3 is 3.06 bits per heavy atom. The van der Waals surface area contributed by atoms with Crippen molar-refractivity contribution in [2.24, 2.45) is 5.92 Å². The van der Waals surface area contributed by atoms with E-state index in [4.69, 9.17) is 11.6 Å². The first kappa shape index (κ1) is 13.6. The van der Waals surface area contributed by atoms with E-state index < -0.39 is 0 Å². The van der Waals surface area contributed by atoms with Crippen LogP contribution in [0.1, 0.15) is 12.0 Å². The smallest absolute Gasteiger partial charge is 0.275 e. The fourth-order valence-corrected chi connectivity index (χ4v) is 3.46. The molecule has 0 bridgehead atoms. The van der Waals surface area contributed by atoms with Gasteiger partial charge in [-0.3, -0.25) is 10.1 Å². The molecule has 0 amide bonds. The van der Waals surface area contributed by atoms with Crippen LogP contribution in [0.4, 0.5) is 5.69 Å². The van der Waals surface area contributed by atoms with Gasteiger partial charge in [-0.25, -0.2) is 0 Å². The van der Waals surface area contributed by atoms with E-state index in [-0.39, 0.29) is 10.6 Å². The van der Waals surface area contributed by atoms with Crippen LogP contribution in [0, 0.1) is 16.0 Å². The fourth-order valence-electron chi connectivity index (χ4n) is 2.01. The number of nitro benzene ring substituents is 1. The third kappa shape index (κ3) is 3.60. The van der Waals surface area contributed by atoms with Crippen LogP contribution >= 0.6 is 23.4 Å². The molecular formula is C12H15ClN2O2S. The van der Waals surface area contributed by atoms with Gasteiger partial charge in [0.1, 0.15) is 0 Å². The Morgan fingerprint density at radius 2 is 2.39 bits per heavy atom. The summed E-state index contributed by atoms with van der Waals surface area (Å²) in [4.78, 5) is 10.5. The summed E-state index contributed by atoms with van der Waals surface area (Å²) < 4.78 is 0. The van der Waals surface area contributed by atoms with Gasteiger partial charge in [-0.1, -0.05) is 11.6 Å². The molecule has 1 saturated heterocycles. The SMILES string of the molecule is O=[N+]([O-])c1cc(Cl)ccc1CNCC1CCSC1. The topological polar surface area (TPSA) is 55.2 Å². The van der Waals surface area contributed by atoms with Gasteiger partial charge in [-0.05, 0) is 42.5 Å². The lowest BCUT2D eigenvalue weighted by Crippen LogP contribution is -2.22. The Kier molecular flexibility index (Phi) is 4.86. The zero-order valence-corrected chi connectivity index (χ0v) is 11.5. The molecule has 1 aromatic rings. The molecule has 0 spiro atoms. The van der Waals surface area contributed by atoms with Crippen molar-refractivity contribution in [3.05, 3.63) is 38.9 Å². The van der Waals surface area contributed by atoms with Gasteiger partial charge in [0.15, 0.2) is 0 Å². The van der Waals surface area contributed by atoms with E-state index in [1.165, 1.54) is 24.0 Å². The van der Waals surface area contributed by atoms with Gasteiger partial charge in [0.25, 0.3) is 5.69 Å². The molecule has 98 valence electrons. The minimum absolute atomic E-state index is 0.0933. The molecule has 1 heterocycles. The Labute approximate surface area is 115 Å². The van der Waals surface area contributed by atoms with Gasteiger partial charge < -0.3 is 5.32 Å². The lowest BCUT2D eigenvalue weighted by molar-refractivity contribution is -0.385. The predicted octanol–water partition coefficient (Wildman–Crippen LogP) is 3.09. The first-order chi connectivity index (χ1) is 8.66. The molecule has 6 heteroatoms. The van der Waals surface area contributed by atoms with Crippen molar-refractivity contribution >= 4 is 29.1 Å².